The van der Waals surface area contributed by atoms with Gasteiger partial charge in [-0.15, -0.1) is 0 Å². The van der Waals surface area contributed by atoms with Crippen molar-refractivity contribution in [2.45, 2.75) is 13.0 Å². The summed E-state index contributed by atoms with van der Waals surface area (Å²) in [5.41, 5.74) is 0. The number of benzene rings is 1. The number of aliphatic hydroxyl groups excluding tert-OH is 1. The molecule has 1 aromatic carbocycles. The maximum absolute atomic E-state index is 12.9. The first-order valence-electron chi connectivity index (χ1n) is 3.85. The second-order valence-corrected chi connectivity index (χ2v) is 2.67. The number of esters is 1. The van der Waals surface area contributed by atoms with Crippen LogP contribution in [0.1, 0.15) is 6.92 Å². The zero-order chi connectivity index (χ0) is 10.7. The SMILES string of the molecule is CC(O)C(=O)Oc1cc(F)ccc1F. The molecule has 0 aromatic heterocycles. The normalized spacial score (nSPS) is 12.3. The van der Waals surface area contributed by atoms with Crippen LogP contribution in [0.25, 0.3) is 0 Å². The van der Waals surface area contributed by atoms with Crippen molar-refractivity contribution >= 4 is 5.97 Å². The fourth-order valence-corrected chi connectivity index (χ4v) is 0.749. The predicted molar refractivity (Wildman–Crippen MR) is 43.7 cm³/mol. The molecule has 1 rings (SSSR count). The third-order valence-corrected chi connectivity index (χ3v) is 1.44. The van der Waals surface area contributed by atoms with Gasteiger partial charge in [0.2, 0.25) is 0 Å². The molecule has 0 bridgehead atoms. The van der Waals surface area contributed by atoms with Gasteiger partial charge in [-0.2, -0.15) is 0 Å². The van der Waals surface area contributed by atoms with Crippen LogP contribution >= 0.6 is 0 Å². The molecule has 1 aromatic rings. The van der Waals surface area contributed by atoms with Gasteiger partial charge in [-0.25, -0.2) is 13.6 Å². The van der Waals surface area contributed by atoms with Gasteiger partial charge in [-0.3, -0.25) is 0 Å². The van der Waals surface area contributed by atoms with E-state index in [2.05, 4.69) is 4.74 Å². The molecule has 0 fully saturated rings. The number of aliphatic hydroxyl groups is 1. The van der Waals surface area contributed by atoms with Crippen LogP contribution in [0.5, 0.6) is 5.75 Å². The van der Waals surface area contributed by atoms with E-state index in [0.29, 0.717) is 0 Å². The highest BCUT2D eigenvalue weighted by atomic mass is 19.1. The lowest BCUT2D eigenvalue weighted by atomic mass is 10.3. The van der Waals surface area contributed by atoms with Gasteiger partial charge in [0.15, 0.2) is 11.6 Å². The Morgan fingerprint density at radius 2 is 2.14 bits per heavy atom. The zero-order valence-corrected chi connectivity index (χ0v) is 7.33. The third kappa shape index (κ3) is 2.50. The summed E-state index contributed by atoms with van der Waals surface area (Å²) in [5, 5.41) is 8.75. The van der Waals surface area contributed by atoms with E-state index in [0.717, 1.165) is 18.2 Å². The minimum Gasteiger partial charge on any atom is -0.421 e. The maximum Gasteiger partial charge on any atom is 0.340 e. The fourth-order valence-electron chi connectivity index (χ4n) is 0.749. The van der Waals surface area contributed by atoms with Gasteiger partial charge in [0, 0.05) is 6.07 Å². The molecule has 0 aliphatic heterocycles. The van der Waals surface area contributed by atoms with Crippen LogP contribution in [-0.2, 0) is 4.79 Å². The van der Waals surface area contributed by atoms with Crippen molar-refractivity contribution in [2.75, 3.05) is 0 Å². The highest BCUT2D eigenvalue weighted by Crippen LogP contribution is 2.18. The average Bonchev–Trinajstić information content (AvgIpc) is 2.11. The largest absolute Gasteiger partial charge is 0.421 e. The Hall–Kier alpha value is -1.49. The fraction of sp³-hybridized carbons (Fsp3) is 0.222. The maximum atomic E-state index is 12.9. The number of carbonyl (C=O) groups excluding carboxylic acids is 1. The number of hydrogen-bond donors (Lipinski definition) is 1. The minimum atomic E-state index is -1.38. The van der Waals surface area contributed by atoms with Crippen molar-refractivity contribution in [1.82, 2.24) is 0 Å². The summed E-state index contributed by atoms with van der Waals surface area (Å²) in [6.07, 6.45) is -1.38. The Kier molecular flexibility index (Phi) is 3.14. The van der Waals surface area contributed by atoms with Gasteiger partial charge in [0.05, 0.1) is 0 Å². The van der Waals surface area contributed by atoms with Crippen molar-refractivity contribution < 1.29 is 23.4 Å². The number of halogens is 2. The summed E-state index contributed by atoms with van der Waals surface area (Å²) in [6.45, 7) is 1.17. The van der Waals surface area contributed by atoms with Gasteiger partial charge in [0.1, 0.15) is 11.9 Å². The van der Waals surface area contributed by atoms with E-state index in [1.54, 1.807) is 0 Å². The molecular formula is C9H8F2O3. The second kappa shape index (κ2) is 4.15. The van der Waals surface area contributed by atoms with Crippen LogP contribution in [0.4, 0.5) is 8.78 Å². The van der Waals surface area contributed by atoms with E-state index >= 15 is 0 Å². The van der Waals surface area contributed by atoms with Crippen molar-refractivity contribution in [3.8, 4) is 5.75 Å². The third-order valence-electron chi connectivity index (χ3n) is 1.44. The van der Waals surface area contributed by atoms with Crippen molar-refractivity contribution in [1.29, 1.82) is 0 Å². The topological polar surface area (TPSA) is 46.5 Å². The highest BCUT2D eigenvalue weighted by Gasteiger charge is 2.14. The Bertz CT molecular complexity index is 350. The van der Waals surface area contributed by atoms with Crippen LogP contribution in [-0.4, -0.2) is 17.2 Å². The lowest BCUT2D eigenvalue weighted by molar-refractivity contribution is -0.142. The van der Waals surface area contributed by atoms with Crippen LogP contribution in [0.3, 0.4) is 0 Å². The predicted octanol–water partition coefficient (Wildman–Crippen LogP) is 1.25. The summed E-state index contributed by atoms with van der Waals surface area (Å²) in [4.78, 5) is 10.8. The van der Waals surface area contributed by atoms with E-state index in [9.17, 15) is 13.6 Å². The van der Waals surface area contributed by atoms with E-state index in [-0.39, 0.29) is 0 Å². The van der Waals surface area contributed by atoms with Gasteiger partial charge < -0.3 is 9.84 Å². The van der Waals surface area contributed by atoms with Crippen LogP contribution < -0.4 is 4.74 Å². The standard InChI is InChI=1S/C9H8F2O3/c1-5(12)9(13)14-8-4-6(10)2-3-7(8)11/h2-5,12H,1H3. The monoisotopic (exact) mass is 202 g/mol. The number of ether oxygens (including phenoxy) is 1. The summed E-state index contributed by atoms with van der Waals surface area (Å²) in [7, 11) is 0. The van der Waals surface area contributed by atoms with Crippen LogP contribution in [0.15, 0.2) is 18.2 Å². The van der Waals surface area contributed by atoms with Gasteiger partial charge >= 0.3 is 5.97 Å². The van der Waals surface area contributed by atoms with E-state index in [1.807, 2.05) is 0 Å². The number of carbonyl (C=O) groups is 1. The molecule has 5 heteroatoms. The number of rotatable bonds is 2. The molecule has 0 saturated carbocycles. The van der Waals surface area contributed by atoms with Crippen molar-refractivity contribution in [3.63, 3.8) is 0 Å². The molecule has 0 saturated heterocycles. The first-order valence-corrected chi connectivity index (χ1v) is 3.85. The van der Waals surface area contributed by atoms with Crippen LogP contribution in [0, 0.1) is 11.6 Å². The second-order valence-electron chi connectivity index (χ2n) is 2.67. The lowest BCUT2D eigenvalue weighted by Crippen LogP contribution is -2.22. The lowest BCUT2D eigenvalue weighted by Gasteiger charge is -2.06. The van der Waals surface area contributed by atoms with Crippen LogP contribution in [0.2, 0.25) is 0 Å². The molecule has 0 spiro atoms. The van der Waals surface area contributed by atoms with E-state index < -0.39 is 29.5 Å². The Morgan fingerprint density at radius 1 is 1.50 bits per heavy atom. The van der Waals surface area contributed by atoms with Crippen molar-refractivity contribution in [3.05, 3.63) is 29.8 Å². The highest BCUT2D eigenvalue weighted by molar-refractivity contribution is 5.76. The van der Waals surface area contributed by atoms with Crippen molar-refractivity contribution in [2.24, 2.45) is 0 Å². The zero-order valence-electron chi connectivity index (χ0n) is 7.33. The molecule has 3 nitrogen and oxygen atoms in total. The van der Waals surface area contributed by atoms with Gasteiger partial charge in [-0.05, 0) is 19.1 Å². The summed E-state index contributed by atoms with van der Waals surface area (Å²) < 4.78 is 29.8. The first kappa shape index (κ1) is 10.6. The molecule has 0 aliphatic carbocycles. The molecule has 0 aliphatic rings. The molecule has 1 N–H and O–H groups in total. The van der Waals surface area contributed by atoms with Gasteiger partial charge in [-0.1, -0.05) is 0 Å². The van der Waals surface area contributed by atoms with E-state index in [4.69, 9.17) is 5.11 Å². The smallest absolute Gasteiger partial charge is 0.340 e. The molecule has 0 radical (unpaired) electrons. The van der Waals surface area contributed by atoms with Gasteiger partial charge in [0.25, 0.3) is 0 Å². The summed E-state index contributed by atoms with van der Waals surface area (Å²) in [5.74, 6) is -3.15. The molecule has 1 atom stereocenters. The molecule has 0 heterocycles. The minimum absolute atomic E-state index is 0.532. The van der Waals surface area contributed by atoms with E-state index in [1.165, 1.54) is 6.92 Å². The Morgan fingerprint density at radius 3 is 2.71 bits per heavy atom. The molecule has 76 valence electrons. The molecule has 1 unspecified atom stereocenters. The molecular weight excluding hydrogens is 194 g/mol. The Balaban J connectivity index is 2.86. The quantitative estimate of drug-likeness (QED) is 0.580. The summed E-state index contributed by atoms with van der Waals surface area (Å²) in [6, 6.07) is 2.46. The molecule has 0 amide bonds. The Labute approximate surface area is 78.9 Å². The summed E-state index contributed by atoms with van der Waals surface area (Å²) >= 11 is 0. The average molecular weight is 202 g/mol. The molecule has 14 heavy (non-hydrogen) atoms. The number of hydrogen-bond acceptors (Lipinski definition) is 3. The first-order chi connectivity index (χ1) is 6.50.